The summed E-state index contributed by atoms with van der Waals surface area (Å²) >= 11 is 8.75. The number of carbonyl (C=O) groups is 1. The molecule has 1 aliphatic heterocycles. The van der Waals surface area contributed by atoms with Gasteiger partial charge in [-0.3, -0.25) is 4.79 Å². The summed E-state index contributed by atoms with van der Waals surface area (Å²) in [5, 5.41) is 14.6. The summed E-state index contributed by atoms with van der Waals surface area (Å²) in [4.78, 5) is 12.4. The van der Waals surface area contributed by atoms with E-state index in [0.717, 1.165) is 6.54 Å². The fourth-order valence-electron chi connectivity index (χ4n) is 2.50. The van der Waals surface area contributed by atoms with Crippen LogP contribution in [0.3, 0.4) is 0 Å². The predicted molar refractivity (Wildman–Crippen MR) is 114 cm³/mol. The molecule has 0 radical (unpaired) electrons. The summed E-state index contributed by atoms with van der Waals surface area (Å²) in [7, 11) is -3.68. The Morgan fingerprint density at radius 3 is 2.83 bits per heavy atom. The molecule has 2 heterocycles. The number of sulfonamides is 1. The lowest BCUT2D eigenvalue weighted by atomic mass is 10.3. The number of benzene rings is 1. The minimum Gasteiger partial charge on any atom is -0.379 e. The van der Waals surface area contributed by atoms with Gasteiger partial charge in [0.05, 0.1) is 34.6 Å². The van der Waals surface area contributed by atoms with Gasteiger partial charge in [-0.2, -0.15) is 4.31 Å². The van der Waals surface area contributed by atoms with Gasteiger partial charge in [-0.05, 0) is 25.1 Å². The molecule has 1 aliphatic rings. The molecule has 0 spiro atoms. The van der Waals surface area contributed by atoms with Crippen LogP contribution in [0.4, 0.5) is 10.8 Å². The number of amides is 1. The second kappa shape index (κ2) is 10.0. The second-order valence-corrected chi connectivity index (χ2v) is 10.4. The summed E-state index contributed by atoms with van der Waals surface area (Å²) in [6.45, 7) is 3.99. The third-order valence-corrected chi connectivity index (χ3v) is 8.12. The van der Waals surface area contributed by atoms with Crippen molar-refractivity contribution >= 4 is 61.4 Å². The van der Waals surface area contributed by atoms with Crippen LogP contribution < -0.4 is 10.6 Å². The van der Waals surface area contributed by atoms with E-state index in [9.17, 15) is 13.2 Å². The summed E-state index contributed by atoms with van der Waals surface area (Å²) in [5.74, 6) is -0.227. The van der Waals surface area contributed by atoms with Gasteiger partial charge >= 0.3 is 0 Å². The zero-order valence-corrected chi connectivity index (χ0v) is 18.8. The first-order chi connectivity index (χ1) is 13.9. The largest absolute Gasteiger partial charge is 0.379 e. The summed E-state index contributed by atoms with van der Waals surface area (Å²) < 4.78 is 32.8. The lowest BCUT2D eigenvalue weighted by Gasteiger charge is -2.26. The summed E-state index contributed by atoms with van der Waals surface area (Å²) in [5.41, 5.74) is 0.247. The third-order valence-electron chi connectivity index (χ3n) is 3.88. The zero-order valence-electron chi connectivity index (χ0n) is 15.6. The zero-order chi connectivity index (χ0) is 20.9. The molecule has 0 atom stereocenters. The molecule has 1 amide bonds. The number of hydrogen-bond donors (Lipinski definition) is 2. The molecule has 2 aromatic rings. The highest BCUT2D eigenvalue weighted by Gasteiger charge is 2.27. The number of carbonyl (C=O) groups excluding carboxylic acids is 1. The van der Waals surface area contributed by atoms with E-state index in [2.05, 4.69) is 20.8 Å². The second-order valence-electron chi connectivity index (χ2n) is 5.90. The molecule has 9 nitrogen and oxygen atoms in total. The topological polar surface area (TPSA) is 114 Å². The Labute approximate surface area is 182 Å². The van der Waals surface area contributed by atoms with E-state index in [1.54, 1.807) is 0 Å². The Morgan fingerprint density at radius 2 is 2.10 bits per heavy atom. The number of nitrogens with zero attached hydrogens (tertiary/aromatic N) is 3. The molecule has 2 N–H and O–H groups in total. The van der Waals surface area contributed by atoms with Crippen molar-refractivity contribution < 1.29 is 17.9 Å². The number of morpholine rings is 1. The first-order valence-corrected chi connectivity index (χ1v) is 12.4. The van der Waals surface area contributed by atoms with Crippen LogP contribution in [0.2, 0.25) is 5.02 Å². The minimum absolute atomic E-state index is 0.0751. The van der Waals surface area contributed by atoms with Gasteiger partial charge < -0.3 is 15.4 Å². The number of nitrogens with one attached hydrogen (secondary N) is 2. The molecule has 13 heteroatoms. The SMILES string of the molecule is CCNc1nnc(SCC(=O)Nc2cc(S(=O)(=O)N3CCOCC3)ccc2Cl)s1. The van der Waals surface area contributed by atoms with Gasteiger partial charge in [-0.15, -0.1) is 10.2 Å². The standard InChI is InChI=1S/C16H20ClN5O4S3/c1-2-18-15-20-21-16(28-15)27-10-14(23)19-13-9-11(3-4-12(13)17)29(24,25)22-5-7-26-8-6-22/h3-4,9H,2,5-8,10H2,1H3,(H,18,20)(H,19,23). The molecule has 3 rings (SSSR count). The van der Waals surface area contributed by atoms with Crippen molar-refractivity contribution in [2.75, 3.05) is 49.2 Å². The van der Waals surface area contributed by atoms with Gasteiger partial charge in [0.15, 0.2) is 4.34 Å². The molecule has 0 aliphatic carbocycles. The Bertz CT molecular complexity index is 963. The molecule has 29 heavy (non-hydrogen) atoms. The molecular weight excluding hydrogens is 458 g/mol. The van der Waals surface area contributed by atoms with Crippen LogP contribution in [0.1, 0.15) is 6.92 Å². The first-order valence-electron chi connectivity index (χ1n) is 8.77. The number of rotatable bonds is 8. The van der Waals surface area contributed by atoms with Crippen LogP contribution in [0.5, 0.6) is 0 Å². The number of aromatic nitrogens is 2. The van der Waals surface area contributed by atoms with Crippen LogP contribution in [0.25, 0.3) is 0 Å². The van der Waals surface area contributed by atoms with Crippen molar-refractivity contribution in [2.24, 2.45) is 0 Å². The average molecular weight is 478 g/mol. The summed E-state index contributed by atoms with van der Waals surface area (Å²) in [6.07, 6.45) is 0. The highest BCUT2D eigenvalue weighted by molar-refractivity contribution is 8.01. The molecule has 1 fully saturated rings. The maximum absolute atomic E-state index is 12.8. The van der Waals surface area contributed by atoms with Gasteiger partial charge in [0.25, 0.3) is 0 Å². The highest BCUT2D eigenvalue weighted by Crippen LogP contribution is 2.29. The Morgan fingerprint density at radius 1 is 1.34 bits per heavy atom. The summed E-state index contributed by atoms with van der Waals surface area (Å²) in [6, 6.07) is 4.27. The fourth-order valence-corrected chi connectivity index (χ4v) is 5.72. The average Bonchev–Trinajstić information content (AvgIpc) is 3.16. The Kier molecular flexibility index (Phi) is 7.71. The number of thioether (sulfide) groups is 1. The predicted octanol–water partition coefficient (Wildman–Crippen LogP) is 2.38. The van der Waals surface area contributed by atoms with Crippen molar-refractivity contribution in [3.8, 4) is 0 Å². The quantitative estimate of drug-likeness (QED) is 0.557. The van der Waals surface area contributed by atoms with Gasteiger partial charge in [-0.1, -0.05) is 34.7 Å². The third kappa shape index (κ3) is 5.80. The van der Waals surface area contributed by atoms with Crippen molar-refractivity contribution in [2.45, 2.75) is 16.2 Å². The first kappa shape index (κ1) is 22.2. The number of ether oxygens (including phenoxy) is 1. The van der Waals surface area contributed by atoms with Crippen molar-refractivity contribution in [1.82, 2.24) is 14.5 Å². The van der Waals surface area contributed by atoms with E-state index in [0.29, 0.717) is 35.8 Å². The lowest BCUT2D eigenvalue weighted by molar-refractivity contribution is -0.113. The molecular formula is C16H20ClN5O4S3. The van der Waals surface area contributed by atoms with E-state index < -0.39 is 10.0 Å². The maximum Gasteiger partial charge on any atom is 0.243 e. The normalized spacial score (nSPS) is 15.2. The number of anilines is 2. The van der Waals surface area contributed by atoms with Crippen LogP contribution in [0, 0.1) is 0 Å². The molecule has 1 aromatic carbocycles. The monoisotopic (exact) mass is 477 g/mol. The van der Waals surface area contributed by atoms with Crippen molar-refractivity contribution in [3.05, 3.63) is 23.2 Å². The van der Waals surface area contributed by atoms with E-state index in [1.165, 1.54) is 45.6 Å². The fraction of sp³-hybridized carbons (Fsp3) is 0.438. The minimum atomic E-state index is -3.68. The molecule has 0 unspecified atom stereocenters. The van der Waals surface area contributed by atoms with E-state index in [-0.39, 0.29) is 27.3 Å². The molecule has 0 bridgehead atoms. The van der Waals surface area contributed by atoms with E-state index in [1.807, 2.05) is 6.92 Å². The van der Waals surface area contributed by atoms with Gasteiger partial charge in [0.1, 0.15) is 0 Å². The highest BCUT2D eigenvalue weighted by atomic mass is 35.5. The van der Waals surface area contributed by atoms with Crippen molar-refractivity contribution in [1.29, 1.82) is 0 Å². The van der Waals surface area contributed by atoms with Crippen LogP contribution in [-0.4, -0.2) is 67.4 Å². The molecule has 1 aromatic heterocycles. The number of halogens is 1. The maximum atomic E-state index is 12.8. The van der Waals surface area contributed by atoms with Crippen molar-refractivity contribution in [3.63, 3.8) is 0 Å². The van der Waals surface area contributed by atoms with Crippen LogP contribution in [0.15, 0.2) is 27.4 Å². The number of hydrogen-bond acceptors (Lipinski definition) is 9. The molecule has 1 saturated heterocycles. The Hall–Kier alpha value is -1.44. The van der Waals surface area contributed by atoms with Crippen LogP contribution >= 0.6 is 34.7 Å². The van der Waals surface area contributed by atoms with E-state index >= 15 is 0 Å². The Balaban J connectivity index is 1.65. The van der Waals surface area contributed by atoms with Gasteiger partial charge in [0, 0.05) is 19.6 Å². The van der Waals surface area contributed by atoms with Crippen LogP contribution in [-0.2, 0) is 19.6 Å². The van der Waals surface area contributed by atoms with E-state index in [4.69, 9.17) is 16.3 Å². The molecule has 0 saturated carbocycles. The molecule has 158 valence electrons. The van der Waals surface area contributed by atoms with Gasteiger partial charge in [0.2, 0.25) is 21.1 Å². The smallest absolute Gasteiger partial charge is 0.243 e. The lowest BCUT2D eigenvalue weighted by Crippen LogP contribution is -2.40. The van der Waals surface area contributed by atoms with Gasteiger partial charge in [-0.25, -0.2) is 8.42 Å².